The van der Waals surface area contributed by atoms with Crippen LogP contribution in [0.5, 0.6) is 5.75 Å². The number of ether oxygens (including phenoxy) is 1. The van der Waals surface area contributed by atoms with Gasteiger partial charge in [-0.25, -0.2) is 4.39 Å². The lowest BCUT2D eigenvalue weighted by atomic mass is 10.2. The van der Waals surface area contributed by atoms with Crippen molar-refractivity contribution in [1.82, 2.24) is 25.4 Å². The van der Waals surface area contributed by atoms with Crippen LogP contribution in [0.25, 0.3) is 0 Å². The summed E-state index contributed by atoms with van der Waals surface area (Å²) in [5.41, 5.74) is 0. The van der Waals surface area contributed by atoms with Gasteiger partial charge in [-0.15, -0.1) is 34.2 Å². The van der Waals surface area contributed by atoms with Gasteiger partial charge in [0, 0.05) is 32.6 Å². The second kappa shape index (κ2) is 14.5. The Hall–Kier alpha value is -1.56. The van der Waals surface area contributed by atoms with E-state index in [2.05, 4.69) is 44.2 Å². The van der Waals surface area contributed by atoms with Gasteiger partial charge in [-0.05, 0) is 37.7 Å². The predicted molar refractivity (Wildman–Crippen MR) is 136 cm³/mol. The molecule has 31 heavy (non-hydrogen) atoms. The van der Waals surface area contributed by atoms with E-state index < -0.39 is 0 Å². The number of aryl methyl sites for hydroxylation is 1. The van der Waals surface area contributed by atoms with Crippen LogP contribution in [0.4, 0.5) is 4.39 Å². The highest BCUT2D eigenvalue weighted by atomic mass is 127. The molecular weight excluding hydrogens is 530 g/mol. The number of halogens is 2. The predicted octanol–water partition coefficient (Wildman–Crippen LogP) is 3.98. The van der Waals surface area contributed by atoms with E-state index in [-0.39, 0.29) is 35.9 Å². The average Bonchev–Trinajstić information content (AvgIpc) is 3.08. The van der Waals surface area contributed by atoms with Crippen molar-refractivity contribution in [3.05, 3.63) is 35.9 Å². The average molecular weight is 565 g/mol. The number of hydrogen-bond acceptors (Lipinski definition) is 5. The summed E-state index contributed by atoms with van der Waals surface area (Å²) in [7, 11) is 1.73. The van der Waals surface area contributed by atoms with Crippen LogP contribution >= 0.6 is 35.7 Å². The molecule has 1 heterocycles. The fourth-order valence-electron chi connectivity index (χ4n) is 2.93. The Morgan fingerprint density at radius 2 is 2.03 bits per heavy atom. The zero-order valence-corrected chi connectivity index (χ0v) is 22.0. The summed E-state index contributed by atoms with van der Waals surface area (Å²) in [6.07, 6.45) is 3.66. The second-order valence-electron chi connectivity index (χ2n) is 7.48. The minimum absolute atomic E-state index is 0. The van der Waals surface area contributed by atoms with E-state index in [9.17, 15) is 4.39 Å². The minimum atomic E-state index is -0.306. The fraction of sp³-hybridized carbons (Fsp3) is 0.571. The maximum absolute atomic E-state index is 13.3. The van der Waals surface area contributed by atoms with E-state index in [1.54, 1.807) is 30.9 Å². The summed E-state index contributed by atoms with van der Waals surface area (Å²) in [6.45, 7) is 8.57. The second-order valence-corrected chi connectivity index (χ2v) is 8.25. The molecule has 0 aliphatic carbocycles. The molecule has 1 aromatic carbocycles. The fourth-order valence-corrected chi connectivity index (χ4v) is 3.45. The van der Waals surface area contributed by atoms with Crippen LogP contribution in [-0.4, -0.2) is 53.2 Å². The molecule has 0 spiro atoms. The summed E-state index contributed by atoms with van der Waals surface area (Å²) in [6, 6.07) is 6.15. The molecule has 7 nitrogen and oxygen atoms in total. The number of guanidine groups is 1. The highest BCUT2D eigenvalue weighted by Crippen LogP contribution is 2.16. The van der Waals surface area contributed by atoms with Gasteiger partial charge in [0.15, 0.2) is 11.1 Å². The number of thioether (sulfide) groups is 1. The van der Waals surface area contributed by atoms with E-state index in [1.165, 1.54) is 12.1 Å². The number of nitrogens with zero attached hydrogens (tertiary/aromatic N) is 4. The maximum Gasteiger partial charge on any atom is 0.191 e. The monoisotopic (exact) mass is 564 g/mol. The van der Waals surface area contributed by atoms with Crippen molar-refractivity contribution in [2.45, 2.75) is 51.4 Å². The molecule has 1 aromatic heterocycles. The molecule has 10 heteroatoms. The Morgan fingerprint density at radius 3 is 2.68 bits per heavy atom. The largest absolute Gasteiger partial charge is 0.489 e. The van der Waals surface area contributed by atoms with E-state index in [0.29, 0.717) is 24.2 Å². The van der Waals surface area contributed by atoms with Crippen LogP contribution in [-0.2, 0) is 13.0 Å². The van der Waals surface area contributed by atoms with Crippen LogP contribution in [0.15, 0.2) is 34.4 Å². The number of rotatable bonds is 11. The Morgan fingerprint density at radius 1 is 1.26 bits per heavy atom. The third-order valence-corrected chi connectivity index (χ3v) is 4.97. The first-order valence-electron chi connectivity index (χ1n) is 10.3. The van der Waals surface area contributed by atoms with E-state index in [1.807, 2.05) is 13.2 Å². The lowest BCUT2D eigenvalue weighted by Gasteiger charge is -2.18. The lowest BCUT2D eigenvalue weighted by molar-refractivity contribution is 0.223. The Bertz CT molecular complexity index is 817. The third kappa shape index (κ3) is 9.63. The van der Waals surface area contributed by atoms with Gasteiger partial charge in [-0.3, -0.25) is 4.99 Å². The van der Waals surface area contributed by atoms with Gasteiger partial charge < -0.3 is 19.9 Å². The molecule has 0 radical (unpaired) electrons. The standard InChI is InChI=1S/C21H33FN6OS.HI/c1-15(2)14-28-19(26-27-21(28)30-5)10-7-11-24-20(23-4)25-13-16(3)29-18-9-6-8-17(22)12-18;/h6,8-9,12,15-16H,7,10-11,13-14H2,1-5H3,(H2,23,24,25);1H. The Labute approximate surface area is 206 Å². The summed E-state index contributed by atoms with van der Waals surface area (Å²) in [4.78, 5) is 4.24. The topological polar surface area (TPSA) is 76.4 Å². The molecule has 0 saturated heterocycles. The lowest BCUT2D eigenvalue weighted by Crippen LogP contribution is -2.42. The smallest absolute Gasteiger partial charge is 0.191 e. The van der Waals surface area contributed by atoms with Gasteiger partial charge in [-0.1, -0.05) is 31.7 Å². The summed E-state index contributed by atoms with van der Waals surface area (Å²) in [5.74, 6) is 2.48. The number of hydrogen-bond donors (Lipinski definition) is 2. The highest BCUT2D eigenvalue weighted by Gasteiger charge is 2.12. The van der Waals surface area contributed by atoms with Crippen molar-refractivity contribution in [3.8, 4) is 5.75 Å². The zero-order chi connectivity index (χ0) is 21.9. The third-order valence-electron chi connectivity index (χ3n) is 4.31. The minimum Gasteiger partial charge on any atom is -0.489 e. The Kier molecular flexibility index (Phi) is 12.8. The molecule has 2 aromatic rings. The van der Waals surface area contributed by atoms with E-state index in [0.717, 1.165) is 36.9 Å². The number of nitrogens with one attached hydrogen (secondary N) is 2. The number of benzene rings is 1. The zero-order valence-electron chi connectivity index (χ0n) is 18.9. The number of aliphatic imine (C=N–C) groups is 1. The SMILES string of the molecule is CN=C(NCCCc1nnc(SC)n1CC(C)C)NCC(C)Oc1cccc(F)c1.I. The first-order valence-corrected chi connectivity index (χ1v) is 11.5. The van der Waals surface area contributed by atoms with Crippen molar-refractivity contribution in [2.24, 2.45) is 10.9 Å². The first-order chi connectivity index (χ1) is 14.4. The summed E-state index contributed by atoms with van der Waals surface area (Å²) >= 11 is 1.63. The molecule has 1 atom stereocenters. The normalized spacial score (nSPS) is 12.4. The van der Waals surface area contributed by atoms with Gasteiger partial charge in [-0.2, -0.15) is 0 Å². The summed E-state index contributed by atoms with van der Waals surface area (Å²) < 4.78 is 21.2. The number of aromatic nitrogens is 3. The van der Waals surface area contributed by atoms with Crippen molar-refractivity contribution < 1.29 is 9.13 Å². The van der Waals surface area contributed by atoms with Crippen molar-refractivity contribution in [2.75, 3.05) is 26.4 Å². The van der Waals surface area contributed by atoms with Crippen molar-refractivity contribution in [3.63, 3.8) is 0 Å². The van der Waals surface area contributed by atoms with Gasteiger partial charge in [0.2, 0.25) is 0 Å². The molecule has 0 aliphatic heterocycles. The van der Waals surface area contributed by atoms with Crippen LogP contribution in [0.1, 0.15) is 33.0 Å². The van der Waals surface area contributed by atoms with Gasteiger partial charge in [0.1, 0.15) is 23.5 Å². The van der Waals surface area contributed by atoms with Crippen LogP contribution < -0.4 is 15.4 Å². The van der Waals surface area contributed by atoms with Gasteiger partial charge >= 0.3 is 0 Å². The molecule has 0 bridgehead atoms. The highest BCUT2D eigenvalue weighted by molar-refractivity contribution is 14.0. The van der Waals surface area contributed by atoms with E-state index >= 15 is 0 Å². The molecule has 0 aliphatic rings. The molecule has 174 valence electrons. The van der Waals surface area contributed by atoms with E-state index in [4.69, 9.17) is 4.74 Å². The Balaban J connectivity index is 0.00000480. The van der Waals surface area contributed by atoms with Crippen LogP contribution in [0, 0.1) is 11.7 Å². The molecule has 1 unspecified atom stereocenters. The first kappa shape index (κ1) is 27.5. The molecule has 0 amide bonds. The summed E-state index contributed by atoms with van der Waals surface area (Å²) in [5, 5.41) is 16.2. The molecular formula is C21H34FIN6OS. The van der Waals surface area contributed by atoms with Crippen LogP contribution in [0.3, 0.4) is 0 Å². The molecule has 0 saturated carbocycles. The quantitative estimate of drug-likeness (QED) is 0.142. The molecule has 2 N–H and O–H groups in total. The molecule has 2 rings (SSSR count). The van der Waals surface area contributed by atoms with Crippen molar-refractivity contribution in [1.29, 1.82) is 0 Å². The van der Waals surface area contributed by atoms with Crippen molar-refractivity contribution >= 4 is 41.7 Å². The van der Waals surface area contributed by atoms with Gasteiger partial charge in [0.25, 0.3) is 0 Å². The van der Waals surface area contributed by atoms with Crippen LogP contribution in [0.2, 0.25) is 0 Å². The maximum atomic E-state index is 13.3. The molecule has 0 fully saturated rings. The van der Waals surface area contributed by atoms with Gasteiger partial charge in [0.05, 0.1) is 6.54 Å².